The number of rotatable bonds is 50. The van der Waals surface area contributed by atoms with Crippen LogP contribution in [-0.4, -0.2) is 129 Å². The van der Waals surface area contributed by atoms with Crippen molar-refractivity contribution >= 4 is 52.8 Å². The van der Waals surface area contributed by atoms with Crippen LogP contribution in [0.25, 0.3) is 0 Å². The Balaban J connectivity index is 5.56. The summed E-state index contributed by atoms with van der Waals surface area (Å²) in [4.78, 5) is 93.9. The summed E-state index contributed by atoms with van der Waals surface area (Å²) < 4.78 is 33.3. The molecule has 0 aromatic rings. The molecule has 0 aliphatic rings. The number of ether oxygens (including phenoxy) is 6. The van der Waals surface area contributed by atoms with Gasteiger partial charge in [0.2, 0.25) is 0 Å². The van der Waals surface area contributed by atoms with Crippen LogP contribution < -0.4 is 0 Å². The van der Waals surface area contributed by atoms with Crippen LogP contribution in [0, 0.1) is 0 Å². The first-order chi connectivity index (χ1) is 34.8. The van der Waals surface area contributed by atoms with E-state index in [1.165, 1.54) is 37.4 Å². The number of nitrogens with zero attached hydrogens (tertiary/aromatic N) is 2. The maximum atomic E-state index is 13.5. The van der Waals surface area contributed by atoms with Gasteiger partial charge in [0.25, 0.3) is 5.24 Å². The van der Waals surface area contributed by atoms with Crippen molar-refractivity contribution in [3.63, 3.8) is 0 Å². The van der Waals surface area contributed by atoms with Crippen molar-refractivity contribution in [3.8, 4) is 0 Å². The van der Waals surface area contributed by atoms with Crippen LogP contribution in [0.4, 0.5) is 4.79 Å². The molecule has 0 rings (SSSR count). The fourth-order valence-electron chi connectivity index (χ4n) is 7.71. The average Bonchev–Trinajstić information content (AvgIpc) is 3.35. The fraction of sp³-hybridized carbons (Fsp3) is 0.875. The molecule has 0 saturated heterocycles. The highest BCUT2D eigenvalue weighted by Gasteiger charge is 2.23. The minimum atomic E-state index is -0.980. The molecule has 420 valence electrons. The van der Waals surface area contributed by atoms with E-state index in [0.29, 0.717) is 31.4 Å². The number of unbranched alkanes of at least 4 members (excludes halogenated alkanes) is 20. The van der Waals surface area contributed by atoms with E-state index in [9.17, 15) is 33.6 Å². The topological polar surface area (TPSA) is 181 Å². The van der Waals surface area contributed by atoms with Crippen LogP contribution in [0.2, 0.25) is 0 Å². The maximum absolute atomic E-state index is 13.5. The summed E-state index contributed by atoms with van der Waals surface area (Å²) in [6.45, 7) is 8.89. The van der Waals surface area contributed by atoms with Gasteiger partial charge in [-0.1, -0.05) is 168 Å². The zero-order chi connectivity index (χ0) is 53.3. The van der Waals surface area contributed by atoms with Crippen molar-refractivity contribution in [3.05, 3.63) is 0 Å². The van der Waals surface area contributed by atoms with E-state index in [0.717, 1.165) is 116 Å². The summed E-state index contributed by atoms with van der Waals surface area (Å²) in [5, 5.41) is -0.185. The molecule has 0 aromatic carbocycles. The van der Waals surface area contributed by atoms with Crippen molar-refractivity contribution in [1.29, 1.82) is 0 Å². The molecule has 0 aliphatic carbocycles. The van der Waals surface area contributed by atoms with Crippen molar-refractivity contribution in [2.24, 2.45) is 0 Å². The van der Waals surface area contributed by atoms with Gasteiger partial charge in [-0.2, -0.15) is 0 Å². The molecule has 0 heterocycles. The smallest absolute Gasteiger partial charge is 0.306 e. The fourth-order valence-corrected chi connectivity index (χ4v) is 8.52. The van der Waals surface area contributed by atoms with Crippen molar-refractivity contribution in [2.75, 3.05) is 65.9 Å². The molecule has 16 heteroatoms. The van der Waals surface area contributed by atoms with Gasteiger partial charge in [-0.15, -0.1) is 0 Å². The van der Waals surface area contributed by atoms with E-state index in [-0.39, 0.29) is 96.1 Å². The van der Waals surface area contributed by atoms with Crippen molar-refractivity contribution in [1.82, 2.24) is 9.80 Å². The van der Waals surface area contributed by atoms with Gasteiger partial charge in [0.05, 0.1) is 0 Å². The second-order valence-corrected chi connectivity index (χ2v) is 20.5. The van der Waals surface area contributed by atoms with Gasteiger partial charge in [0.1, 0.15) is 26.4 Å². The molecule has 15 nitrogen and oxygen atoms in total. The Morgan fingerprint density at radius 3 is 0.917 bits per heavy atom. The predicted octanol–water partition coefficient (Wildman–Crippen LogP) is 12.7. The summed E-state index contributed by atoms with van der Waals surface area (Å²) in [7, 11) is 3.93. The molecule has 0 bridgehead atoms. The average molecular weight is 1040 g/mol. The molecule has 0 atom stereocenters. The van der Waals surface area contributed by atoms with E-state index in [2.05, 4.69) is 27.7 Å². The van der Waals surface area contributed by atoms with Crippen molar-refractivity contribution < 1.29 is 62.0 Å². The summed E-state index contributed by atoms with van der Waals surface area (Å²) in [6, 6.07) is 0. The Morgan fingerprint density at radius 1 is 0.347 bits per heavy atom. The molecule has 0 N–H and O–H groups in total. The van der Waals surface area contributed by atoms with E-state index in [4.69, 9.17) is 28.4 Å². The van der Waals surface area contributed by atoms with Crippen LogP contribution in [0.5, 0.6) is 0 Å². The monoisotopic (exact) mass is 1040 g/mol. The molecule has 0 unspecified atom stereocenters. The summed E-state index contributed by atoms with van der Waals surface area (Å²) in [5.74, 6) is -2.17. The zero-order valence-corrected chi connectivity index (χ0v) is 47.1. The van der Waals surface area contributed by atoms with Crippen LogP contribution in [0.1, 0.15) is 240 Å². The second-order valence-electron chi connectivity index (χ2n) is 19.5. The van der Waals surface area contributed by atoms with E-state index in [1.54, 1.807) is 4.90 Å². The normalized spacial score (nSPS) is 11.2. The lowest BCUT2D eigenvalue weighted by molar-refractivity contribution is -0.167. The third-order valence-electron chi connectivity index (χ3n) is 12.1. The van der Waals surface area contributed by atoms with Gasteiger partial charge in [0, 0.05) is 57.4 Å². The number of amides is 1. The van der Waals surface area contributed by atoms with Gasteiger partial charge in [-0.25, -0.2) is 0 Å². The van der Waals surface area contributed by atoms with Crippen LogP contribution in [0.15, 0.2) is 0 Å². The second kappa shape index (κ2) is 49.8. The molecule has 0 saturated carbocycles. The molecule has 72 heavy (non-hydrogen) atoms. The molecule has 0 radical (unpaired) electrons. The highest BCUT2D eigenvalue weighted by Crippen LogP contribution is 2.16. The van der Waals surface area contributed by atoms with Gasteiger partial charge >= 0.3 is 35.8 Å². The van der Waals surface area contributed by atoms with Crippen molar-refractivity contribution in [2.45, 2.75) is 252 Å². The standard InChI is InChI=1S/C56H102N2O13S/c1-7-11-15-19-23-27-34-50(59)66-44-48(45-67-51(60)35-28-24-20-16-12-8-2)70-54(63)38-31-41-58(56(65)72-43-33-40-57(5)6)42-32-39-55(64)71-49(46-68-52(61)36-29-25-21-17-13-9-3)47-69-53(62)37-30-26-22-18-14-10-4/h48-49H,7-47H2,1-6H3. The molecule has 0 fully saturated rings. The zero-order valence-electron chi connectivity index (χ0n) is 46.3. The summed E-state index contributed by atoms with van der Waals surface area (Å²) in [6.07, 6.45) is 24.8. The van der Waals surface area contributed by atoms with Crippen LogP contribution >= 0.6 is 11.8 Å². The van der Waals surface area contributed by atoms with E-state index >= 15 is 0 Å². The Kier molecular flexibility index (Phi) is 47.4. The summed E-state index contributed by atoms with van der Waals surface area (Å²) in [5.41, 5.74) is 0. The largest absolute Gasteiger partial charge is 0.462 e. The number of carbonyl (C=O) groups is 7. The number of esters is 6. The molecular weight excluding hydrogens is 941 g/mol. The Morgan fingerprint density at radius 2 is 0.625 bits per heavy atom. The first kappa shape index (κ1) is 68.6. The van der Waals surface area contributed by atoms with Gasteiger partial charge in [0.15, 0.2) is 12.2 Å². The van der Waals surface area contributed by atoms with Gasteiger partial charge in [-0.05, 0) is 65.6 Å². The Bertz CT molecular complexity index is 1250. The lowest BCUT2D eigenvalue weighted by atomic mass is 10.1. The predicted molar refractivity (Wildman–Crippen MR) is 287 cm³/mol. The molecular formula is C56H102N2O13S. The number of thioether (sulfide) groups is 1. The number of hydrogen-bond donors (Lipinski definition) is 0. The first-order valence-corrected chi connectivity index (χ1v) is 29.4. The summed E-state index contributed by atoms with van der Waals surface area (Å²) >= 11 is 1.18. The number of hydrogen-bond acceptors (Lipinski definition) is 15. The number of carbonyl (C=O) groups excluding carboxylic acids is 7. The molecule has 0 aliphatic heterocycles. The SMILES string of the molecule is CCCCCCCCC(=O)OCC(COC(=O)CCCCCCCC)OC(=O)CCCN(CCCC(=O)OC(COC(=O)CCCCCCCC)COC(=O)CCCCCCCC)C(=O)SCCCN(C)C. The highest BCUT2D eigenvalue weighted by molar-refractivity contribution is 8.13. The van der Waals surface area contributed by atoms with Gasteiger partial charge in [-0.3, -0.25) is 33.6 Å². The van der Waals surface area contributed by atoms with E-state index in [1.807, 2.05) is 19.0 Å². The highest BCUT2D eigenvalue weighted by atomic mass is 32.2. The Labute approximate surface area is 440 Å². The third-order valence-corrected chi connectivity index (χ3v) is 13.1. The minimum Gasteiger partial charge on any atom is -0.462 e. The molecule has 1 amide bonds. The van der Waals surface area contributed by atoms with Gasteiger partial charge < -0.3 is 38.2 Å². The first-order valence-electron chi connectivity index (χ1n) is 28.4. The Hall–Kier alpha value is -3.40. The van der Waals surface area contributed by atoms with Crippen LogP contribution in [-0.2, 0) is 57.2 Å². The lowest BCUT2D eigenvalue weighted by Gasteiger charge is -2.23. The van der Waals surface area contributed by atoms with Crippen LogP contribution in [0.3, 0.4) is 0 Å². The minimum absolute atomic E-state index is 0.0537. The lowest BCUT2D eigenvalue weighted by Crippen LogP contribution is -2.33. The van der Waals surface area contributed by atoms with E-state index < -0.39 is 48.0 Å². The molecule has 0 aromatic heterocycles. The third kappa shape index (κ3) is 45.2. The molecule has 0 spiro atoms. The maximum Gasteiger partial charge on any atom is 0.306 e. The quantitative estimate of drug-likeness (QED) is 0.0318.